The summed E-state index contributed by atoms with van der Waals surface area (Å²) in [5, 5.41) is 13.3. The van der Waals surface area contributed by atoms with E-state index in [1.165, 1.54) is 4.88 Å². The SMILES string of the molecule is N#Cc1c(NC(=O)c2ccccc2SCC2CCCO2)sc2c1CCCC2. The Balaban J connectivity index is 1.52. The molecule has 1 amide bonds. The Hall–Kier alpha value is -1.81. The van der Waals surface area contributed by atoms with Crippen LogP contribution in [0.25, 0.3) is 0 Å². The van der Waals surface area contributed by atoms with Gasteiger partial charge in [-0.05, 0) is 56.2 Å². The Kier molecular flexibility index (Phi) is 5.82. The number of hydrogen-bond donors (Lipinski definition) is 1. The van der Waals surface area contributed by atoms with Gasteiger partial charge in [0.15, 0.2) is 0 Å². The Morgan fingerprint density at radius 2 is 2.15 bits per heavy atom. The highest BCUT2D eigenvalue weighted by Crippen LogP contribution is 2.38. The zero-order valence-corrected chi connectivity index (χ0v) is 16.8. The van der Waals surface area contributed by atoms with E-state index in [2.05, 4.69) is 11.4 Å². The zero-order chi connectivity index (χ0) is 18.6. The molecular weight excluding hydrogens is 376 g/mol. The van der Waals surface area contributed by atoms with E-state index in [-0.39, 0.29) is 12.0 Å². The van der Waals surface area contributed by atoms with Crippen LogP contribution in [0, 0.1) is 11.3 Å². The van der Waals surface area contributed by atoms with Crippen LogP contribution in [0.4, 0.5) is 5.00 Å². The van der Waals surface area contributed by atoms with E-state index in [1.807, 2.05) is 24.3 Å². The Morgan fingerprint density at radius 1 is 1.30 bits per heavy atom. The summed E-state index contributed by atoms with van der Waals surface area (Å²) in [5.74, 6) is 0.724. The molecule has 0 bridgehead atoms. The number of hydrogen-bond acceptors (Lipinski definition) is 5. The molecule has 1 aromatic carbocycles. The number of carbonyl (C=O) groups is 1. The number of nitrogens with zero attached hydrogens (tertiary/aromatic N) is 1. The van der Waals surface area contributed by atoms with Crippen LogP contribution < -0.4 is 5.32 Å². The number of thiophene rings is 1. The topological polar surface area (TPSA) is 62.1 Å². The van der Waals surface area contributed by atoms with Crippen LogP contribution in [0.3, 0.4) is 0 Å². The van der Waals surface area contributed by atoms with Crippen molar-refractivity contribution < 1.29 is 9.53 Å². The van der Waals surface area contributed by atoms with Gasteiger partial charge < -0.3 is 10.1 Å². The van der Waals surface area contributed by atoms with Gasteiger partial charge in [0.25, 0.3) is 5.91 Å². The van der Waals surface area contributed by atoms with Gasteiger partial charge in [-0.25, -0.2) is 0 Å². The fourth-order valence-corrected chi connectivity index (χ4v) is 6.04. The molecule has 1 unspecified atom stereocenters. The van der Waals surface area contributed by atoms with Crippen LogP contribution >= 0.6 is 23.1 Å². The maximum absolute atomic E-state index is 13.0. The molecule has 6 heteroatoms. The summed E-state index contributed by atoms with van der Waals surface area (Å²) in [4.78, 5) is 15.2. The normalized spacial score (nSPS) is 18.7. The Labute approximate surface area is 167 Å². The molecule has 1 aliphatic carbocycles. The first-order valence-electron chi connectivity index (χ1n) is 9.45. The third kappa shape index (κ3) is 4.06. The van der Waals surface area contributed by atoms with Gasteiger partial charge in [0.2, 0.25) is 0 Å². The molecule has 4 nitrogen and oxygen atoms in total. The van der Waals surface area contributed by atoms with Crippen molar-refractivity contribution in [1.29, 1.82) is 5.26 Å². The van der Waals surface area contributed by atoms with Crippen molar-refractivity contribution in [3.05, 3.63) is 45.8 Å². The lowest BCUT2D eigenvalue weighted by Crippen LogP contribution is -2.14. The predicted molar refractivity (Wildman–Crippen MR) is 110 cm³/mol. The maximum Gasteiger partial charge on any atom is 0.257 e. The van der Waals surface area contributed by atoms with E-state index in [4.69, 9.17) is 4.74 Å². The van der Waals surface area contributed by atoms with Crippen molar-refractivity contribution in [3.8, 4) is 6.07 Å². The number of ether oxygens (including phenoxy) is 1. The Morgan fingerprint density at radius 3 is 2.96 bits per heavy atom. The second kappa shape index (κ2) is 8.47. The minimum atomic E-state index is -0.138. The molecule has 1 N–H and O–H groups in total. The van der Waals surface area contributed by atoms with Crippen LogP contribution in [0.5, 0.6) is 0 Å². The van der Waals surface area contributed by atoms with Gasteiger partial charge in [0.05, 0.1) is 17.2 Å². The van der Waals surface area contributed by atoms with Crippen molar-refractivity contribution in [3.63, 3.8) is 0 Å². The molecule has 0 radical (unpaired) electrons. The van der Waals surface area contributed by atoms with Crippen LogP contribution in [0.2, 0.25) is 0 Å². The van der Waals surface area contributed by atoms with Gasteiger partial charge in [-0.3, -0.25) is 4.79 Å². The summed E-state index contributed by atoms with van der Waals surface area (Å²) >= 11 is 3.24. The lowest BCUT2D eigenvalue weighted by atomic mass is 9.96. The van der Waals surface area contributed by atoms with Crippen molar-refractivity contribution in [2.45, 2.75) is 49.5 Å². The molecule has 2 aromatic rings. The molecule has 1 aromatic heterocycles. The van der Waals surface area contributed by atoms with E-state index >= 15 is 0 Å². The van der Waals surface area contributed by atoms with E-state index in [1.54, 1.807) is 23.1 Å². The number of nitriles is 1. The van der Waals surface area contributed by atoms with Gasteiger partial charge >= 0.3 is 0 Å². The standard InChI is InChI=1S/C21H22N2O2S2/c22-12-17-15-7-1-4-10-19(15)27-21(17)23-20(24)16-8-2-3-9-18(16)26-13-14-6-5-11-25-14/h2-3,8-9,14H,1,4-7,10-11,13H2,(H,23,24). The van der Waals surface area contributed by atoms with Crippen LogP contribution in [0.15, 0.2) is 29.2 Å². The smallest absolute Gasteiger partial charge is 0.257 e. The van der Waals surface area contributed by atoms with E-state index in [9.17, 15) is 10.1 Å². The first-order valence-corrected chi connectivity index (χ1v) is 11.3. The third-order valence-electron chi connectivity index (χ3n) is 5.09. The number of carbonyl (C=O) groups excluding carboxylic acids is 1. The highest BCUT2D eigenvalue weighted by atomic mass is 32.2. The molecule has 27 heavy (non-hydrogen) atoms. The highest BCUT2D eigenvalue weighted by molar-refractivity contribution is 7.99. The summed E-state index contributed by atoms with van der Waals surface area (Å²) in [6.45, 7) is 0.841. The van der Waals surface area contributed by atoms with E-state index in [0.717, 1.165) is 61.3 Å². The predicted octanol–water partition coefficient (Wildman–Crippen LogP) is 5.02. The third-order valence-corrected chi connectivity index (χ3v) is 7.50. The van der Waals surface area contributed by atoms with E-state index < -0.39 is 0 Å². The number of anilines is 1. The van der Waals surface area contributed by atoms with Gasteiger partial charge in [-0.15, -0.1) is 23.1 Å². The Bertz CT molecular complexity index is 879. The first-order chi connectivity index (χ1) is 13.3. The van der Waals surface area contributed by atoms with Crippen LogP contribution in [-0.2, 0) is 17.6 Å². The molecule has 4 rings (SSSR count). The average Bonchev–Trinajstić information content (AvgIpc) is 3.33. The molecule has 0 spiro atoms. The van der Waals surface area contributed by atoms with Crippen LogP contribution in [0.1, 0.15) is 52.0 Å². The number of nitrogens with one attached hydrogen (secondary N) is 1. The fraction of sp³-hybridized carbons (Fsp3) is 0.429. The number of aryl methyl sites for hydroxylation is 1. The monoisotopic (exact) mass is 398 g/mol. The molecule has 2 aliphatic rings. The van der Waals surface area contributed by atoms with Crippen molar-refractivity contribution in [1.82, 2.24) is 0 Å². The molecule has 1 atom stereocenters. The summed E-state index contributed by atoms with van der Waals surface area (Å²) in [7, 11) is 0. The number of benzene rings is 1. The van der Waals surface area contributed by atoms with Gasteiger partial charge in [-0.1, -0.05) is 12.1 Å². The largest absolute Gasteiger partial charge is 0.377 e. The molecule has 1 aliphatic heterocycles. The lowest BCUT2D eigenvalue weighted by molar-refractivity contribution is 0.102. The summed E-state index contributed by atoms with van der Waals surface area (Å²) in [6, 6.07) is 9.99. The van der Waals surface area contributed by atoms with Crippen molar-refractivity contribution in [2.24, 2.45) is 0 Å². The minimum Gasteiger partial charge on any atom is -0.377 e. The quantitative estimate of drug-likeness (QED) is 0.718. The lowest BCUT2D eigenvalue weighted by Gasteiger charge is -2.12. The molecule has 1 saturated heterocycles. The summed E-state index contributed by atoms with van der Waals surface area (Å²) in [5.41, 5.74) is 2.47. The molecule has 1 fully saturated rings. The van der Waals surface area contributed by atoms with Gasteiger partial charge in [0.1, 0.15) is 11.1 Å². The average molecular weight is 399 g/mol. The summed E-state index contributed by atoms with van der Waals surface area (Å²) in [6.07, 6.45) is 6.72. The summed E-state index contributed by atoms with van der Waals surface area (Å²) < 4.78 is 5.69. The number of rotatable bonds is 5. The number of fused-ring (bicyclic) bond motifs is 1. The maximum atomic E-state index is 13.0. The number of amides is 1. The fourth-order valence-electron chi connectivity index (χ4n) is 3.68. The second-order valence-electron chi connectivity index (χ2n) is 6.92. The van der Waals surface area contributed by atoms with Gasteiger partial charge in [0, 0.05) is 22.1 Å². The van der Waals surface area contributed by atoms with Crippen LogP contribution in [-0.4, -0.2) is 24.4 Å². The number of thioether (sulfide) groups is 1. The minimum absolute atomic E-state index is 0.138. The highest BCUT2D eigenvalue weighted by Gasteiger charge is 2.23. The van der Waals surface area contributed by atoms with Gasteiger partial charge in [-0.2, -0.15) is 5.26 Å². The van der Waals surface area contributed by atoms with Crippen molar-refractivity contribution >= 4 is 34.0 Å². The zero-order valence-electron chi connectivity index (χ0n) is 15.1. The van der Waals surface area contributed by atoms with E-state index in [0.29, 0.717) is 16.1 Å². The first kappa shape index (κ1) is 18.5. The molecule has 2 heterocycles. The molecule has 0 saturated carbocycles. The molecule has 140 valence electrons. The second-order valence-corrected chi connectivity index (χ2v) is 9.09. The van der Waals surface area contributed by atoms with Crippen molar-refractivity contribution in [2.75, 3.05) is 17.7 Å². The molecular formula is C21H22N2O2S2.